The van der Waals surface area contributed by atoms with Crippen LogP contribution in [0.2, 0.25) is 0 Å². The third-order valence-corrected chi connectivity index (χ3v) is 4.08. The molecule has 0 bridgehead atoms. The van der Waals surface area contributed by atoms with E-state index in [-0.39, 0.29) is 0 Å². The van der Waals surface area contributed by atoms with E-state index in [1.807, 2.05) is 11.9 Å². The molecule has 0 spiro atoms. The summed E-state index contributed by atoms with van der Waals surface area (Å²) in [6, 6.07) is 2.65. The molecular formula is C12H17BrN4OS. The van der Waals surface area contributed by atoms with Gasteiger partial charge in [0, 0.05) is 13.6 Å². The van der Waals surface area contributed by atoms with Crippen LogP contribution < -0.4 is 10.2 Å². The number of hydrogen-bond donors (Lipinski definition) is 1. The Labute approximate surface area is 125 Å². The Kier molecular flexibility index (Phi) is 5.35. The Bertz CT molecular complexity index is 513. The van der Waals surface area contributed by atoms with Gasteiger partial charge in [0.25, 0.3) is 0 Å². The maximum absolute atomic E-state index is 5.60. The topological polar surface area (TPSA) is 54.2 Å². The van der Waals surface area contributed by atoms with Crippen molar-refractivity contribution in [1.29, 1.82) is 0 Å². The van der Waals surface area contributed by atoms with Gasteiger partial charge < -0.3 is 14.6 Å². The zero-order chi connectivity index (χ0) is 13.7. The van der Waals surface area contributed by atoms with Crippen LogP contribution in [0.1, 0.15) is 24.8 Å². The van der Waals surface area contributed by atoms with Crippen molar-refractivity contribution in [2.24, 2.45) is 0 Å². The molecule has 2 rings (SSSR count). The molecule has 0 atom stereocenters. The second kappa shape index (κ2) is 7.02. The first-order valence-electron chi connectivity index (χ1n) is 6.16. The molecule has 7 heteroatoms. The van der Waals surface area contributed by atoms with Gasteiger partial charge in [0.05, 0.1) is 10.3 Å². The van der Waals surface area contributed by atoms with E-state index in [9.17, 15) is 0 Å². The van der Waals surface area contributed by atoms with Gasteiger partial charge in [-0.2, -0.15) is 0 Å². The Morgan fingerprint density at radius 2 is 2.32 bits per heavy atom. The Morgan fingerprint density at radius 1 is 1.47 bits per heavy atom. The number of aromatic nitrogens is 2. The predicted molar refractivity (Wildman–Crippen MR) is 80.4 cm³/mol. The highest BCUT2D eigenvalue weighted by molar-refractivity contribution is 9.11. The maximum atomic E-state index is 5.60. The smallest absolute Gasteiger partial charge is 0.318 e. The monoisotopic (exact) mass is 344 g/mol. The molecule has 1 N–H and O–H groups in total. The molecule has 0 radical (unpaired) electrons. The second-order valence-corrected chi connectivity index (χ2v) is 6.56. The third-order valence-electron chi connectivity index (χ3n) is 2.53. The lowest BCUT2D eigenvalue weighted by atomic mass is 10.3. The molecule has 0 unspecified atom stereocenters. The van der Waals surface area contributed by atoms with E-state index in [1.54, 1.807) is 11.3 Å². The standard InChI is InChI=1S/C12H17BrN4OS/c1-3-4-14-6-11-15-16-12(18-11)17(2)7-9-5-10(13)19-8-9/h5,8,14H,3-4,6-7H2,1-2H3. The van der Waals surface area contributed by atoms with Crippen molar-refractivity contribution in [2.75, 3.05) is 18.5 Å². The molecule has 0 aliphatic rings. The summed E-state index contributed by atoms with van der Waals surface area (Å²) in [5, 5.41) is 13.4. The van der Waals surface area contributed by atoms with E-state index in [1.165, 1.54) is 5.56 Å². The zero-order valence-electron chi connectivity index (χ0n) is 11.0. The van der Waals surface area contributed by atoms with E-state index in [0.29, 0.717) is 18.5 Å². The average Bonchev–Trinajstić information content (AvgIpc) is 2.99. The van der Waals surface area contributed by atoms with Gasteiger partial charge in [-0.25, -0.2) is 0 Å². The number of anilines is 1. The van der Waals surface area contributed by atoms with Crippen molar-refractivity contribution in [1.82, 2.24) is 15.5 Å². The highest BCUT2D eigenvalue weighted by Crippen LogP contribution is 2.22. The fourth-order valence-corrected chi connectivity index (χ4v) is 2.81. The Hall–Kier alpha value is -0.920. The maximum Gasteiger partial charge on any atom is 0.318 e. The zero-order valence-corrected chi connectivity index (χ0v) is 13.4. The first-order chi connectivity index (χ1) is 9.19. The predicted octanol–water partition coefficient (Wildman–Crippen LogP) is 3.03. The van der Waals surface area contributed by atoms with Gasteiger partial charge in [-0.3, -0.25) is 0 Å². The Balaban J connectivity index is 1.90. The molecule has 0 aromatic carbocycles. The number of thiophene rings is 1. The van der Waals surface area contributed by atoms with Crippen molar-refractivity contribution in [3.8, 4) is 0 Å². The largest absolute Gasteiger partial charge is 0.407 e. The summed E-state index contributed by atoms with van der Waals surface area (Å²) in [5.74, 6) is 0.627. The van der Waals surface area contributed by atoms with Crippen LogP contribution in [0.5, 0.6) is 0 Å². The van der Waals surface area contributed by atoms with Crippen LogP contribution in [0.4, 0.5) is 6.01 Å². The molecule has 0 fully saturated rings. The van der Waals surface area contributed by atoms with E-state index in [0.717, 1.165) is 23.3 Å². The lowest BCUT2D eigenvalue weighted by Gasteiger charge is -2.12. The average molecular weight is 345 g/mol. The molecule has 104 valence electrons. The SMILES string of the molecule is CCCNCc1nnc(N(C)Cc2csc(Br)c2)o1. The lowest BCUT2D eigenvalue weighted by Crippen LogP contribution is -2.16. The summed E-state index contributed by atoms with van der Waals surface area (Å²) < 4.78 is 6.73. The van der Waals surface area contributed by atoms with Crippen molar-refractivity contribution >= 4 is 33.3 Å². The van der Waals surface area contributed by atoms with Crippen molar-refractivity contribution in [3.05, 3.63) is 26.7 Å². The minimum absolute atomic E-state index is 0.552. The van der Waals surface area contributed by atoms with Gasteiger partial charge in [0.1, 0.15) is 0 Å². The van der Waals surface area contributed by atoms with Crippen LogP contribution in [0.15, 0.2) is 19.6 Å². The Morgan fingerprint density at radius 3 is 3.00 bits per heavy atom. The lowest BCUT2D eigenvalue weighted by molar-refractivity contribution is 0.465. The second-order valence-electron chi connectivity index (χ2n) is 4.27. The van der Waals surface area contributed by atoms with Crippen LogP contribution >= 0.6 is 27.3 Å². The third kappa shape index (κ3) is 4.29. The van der Waals surface area contributed by atoms with Crippen LogP contribution in [-0.2, 0) is 13.1 Å². The summed E-state index contributed by atoms with van der Waals surface area (Å²) in [6.45, 7) is 4.46. The fourth-order valence-electron chi connectivity index (χ4n) is 1.61. The van der Waals surface area contributed by atoms with Crippen LogP contribution in [0.25, 0.3) is 0 Å². The molecule has 0 saturated carbocycles. The molecule has 2 aromatic rings. The van der Waals surface area contributed by atoms with Gasteiger partial charge >= 0.3 is 6.01 Å². The van der Waals surface area contributed by atoms with Crippen molar-refractivity contribution in [3.63, 3.8) is 0 Å². The van der Waals surface area contributed by atoms with Gasteiger partial charge in [-0.1, -0.05) is 12.0 Å². The fraction of sp³-hybridized carbons (Fsp3) is 0.500. The number of nitrogens with one attached hydrogen (secondary N) is 1. The molecule has 0 aliphatic carbocycles. The summed E-state index contributed by atoms with van der Waals surface area (Å²) in [5.41, 5.74) is 1.23. The highest BCUT2D eigenvalue weighted by atomic mass is 79.9. The molecular weight excluding hydrogens is 328 g/mol. The van der Waals surface area contributed by atoms with Gasteiger partial charge in [0.2, 0.25) is 5.89 Å². The number of rotatable bonds is 7. The summed E-state index contributed by atoms with van der Waals surface area (Å²) >= 11 is 5.13. The van der Waals surface area contributed by atoms with E-state index in [4.69, 9.17) is 4.42 Å². The molecule has 2 aromatic heterocycles. The number of hydrogen-bond acceptors (Lipinski definition) is 6. The molecule has 0 saturated heterocycles. The van der Waals surface area contributed by atoms with Gasteiger partial charge in [-0.15, -0.1) is 16.4 Å². The van der Waals surface area contributed by atoms with E-state index < -0.39 is 0 Å². The van der Waals surface area contributed by atoms with Gasteiger partial charge in [-0.05, 0) is 45.9 Å². The first kappa shape index (κ1) is 14.5. The van der Waals surface area contributed by atoms with E-state index >= 15 is 0 Å². The minimum atomic E-state index is 0.552. The quantitative estimate of drug-likeness (QED) is 0.782. The molecule has 0 amide bonds. The molecule has 5 nitrogen and oxygen atoms in total. The molecule has 2 heterocycles. The first-order valence-corrected chi connectivity index (χ1v) is 7.83. The summed E-state index contributed by atoms with van der Waals surface area (Å²) in [6.07, 6.45) is 1.09. The van der Waals surface area contributed by atoms with Crippen LogP contribution in [0.3, 0.4) is 0 Å². The normalized spacial score (nSPS) is 10.9. The van der Waals surface area contributed by atoms with Crippen LogP contribution in [-0.4, -0.2) is 23.8 Å². The van der Waals surface area contributed by atoms with Crippen molar-refractivity contribution < 1.29 is 4.42 Å². The molecule has 0 aliphatic heterocycles. The van der Waals surface area contributed by atoms with Crippen LogP contribution in [0, 0.1) is 0 Å². The van der Waals surface area contributed by atoms with Gasteiger partial charge in [0.15, 0.2) is 0 Å². The summed E-state index contributed by atoms with van der Waals surface area (Å²) in [4.78, 5) is 1.95. The molecule has 19 heavy (non-hydrogen) atoms. The summed E-state index contributed by atoms with van der Waals surface area (Å²) in [7, 11) is 1.95. The highest BCUT2D eigenvalue weighted by Gasteiger charge is 2.11. The minimum Gasteiger partial charge on any atom is -0.407 e. The number of halogens is 1. The van der Waals surface area contributed by atoms with Crippen molar-refractivity contribution in [2.45, 2.75) is 26.4 Å². The van der Waals surface area contributed by atoms with E-state index in [2.05, 4.69) is 49.8 Å². The number of nitrogens with zero attached hydrogens (tertiary/aromatic N) is 3.